The van der Waals surface area contributed by atoms with E-state index >= 15 is 0 Å². The normalized spacial score (nSPS) is 10.9. The van der Waals surface area contributed by atoms with Crippen molar-refractivity contribution in [3.05, 3.63) is 89.8 Å². The molecule has 0 radical (unpaired) electrons. The molecule has 0 spiro atoms. The van der Waals surface area contributed by atoms with Crippen LogP contribution in [0.25, 0.3) is 10.2 Å². The number of hydrogen-bond acceptors (Lipinski definition) is 4. The number of benzene rings is 2. The second kappa shape index (κ2) is 7.20. The van der Waals surface area contributed by atoms with Crippen molar-refractivity contribution in [2.45, 2.75) is 6.54 Å². The van der Waals surface area contributed by atoms with Gasteiger partial charge in [-0.2, -0.15) is 0 Å². The van der Waals surface area contributed by atoms with E-state index in [1.807, 2.05) is 6.07 Å². The molecule has 7 heteroatoms. The van der Waals surface area contributed by atoms with Gasteiger partial charge in [-0.1, -0.05) is 29.5 Å². The number of anilines is 1. The molecule has 0 aliphatic heterocycles. The van der Waals surface area contributed by atoms with E-state index in [-0.39, 0.29) is 17.6 Å². The summed E-state index contributed by atoms with van der Waals surface area (Å²) in [6, 6.07) is 15.5. The summed E-state index contributed by atoms with van der Waals surface area (Å²) in [4.78, 5) is 23.0. The van der Waals surface area contributed by atoms with Crippen LogP contribution >= 0.6 is 11.3 Å². The smallest absolute Gasteiger partial charge is 0.260 e. The maximum Gasteiger partial charge on any atom is 0.260 e. The van der Waals surface area contributed by atoms with Gasteiger partial charge in [0, 0.05) is 11.8 Å². The van der Waals surface area contributed by atoms with Gasteiger partial charge >= 0.3 is 0 Å². The molecule has 0 unspecified atom stereocenters. The number of halogens is 2. The molecule has 2 heterocycles. The minimum absolute atomic E-state index is 0.137. The van der Waals surface area contributed by atoms with Gasteiger partial charge < -0.3 is 0 Å². The molecule has 0 N–H and O–H groups in total. The molecule has 2 aromatic carbocycles. The van der Waals surface area contributed by atoms with Crippen LogP contribution in [-0.4, -0.2) is 15.9 Å². The number of para-hydroxylation sites is 1. The summed E-state index contributed by atoms with van der Waals surface area (Å²) in [5.74, 6) is -1.39. The van der Waals surface area contributed by atoms with E-state index < -0.39 is 17.5 Å². The predicted octanol–water partition coefficient (Wildman–Crippen LogP) is 4.82. The second-order valence-electron chi connectivity index (χ2n) is 5.81. The van der Waals surface area contributed by atoms with Crippen molar-refractivity contribution < 1.29 is 13.6 Å². The van der Waals surface area contributed by atoms with Gasteiger partial charge in [0.15, 0.2) is 5.13 Å². The number of aromatic nitrogens is 2. The molecule has 1 amide bonds. The van der Waals surface area contributed by atoms with Crippen LogP contribution in [0.5, 0.6) is 0 Å². The largest absolute Gasteiger partial charge is 0.278 e. The molecule has 27 heavy (non-hydrogen) atoms. The van der Waals surface area contributed by atoms with E-state index in [1.165, 1.54) is 46.6 Å². The van der Waals surface area contributed by atoms with Crippen molar-refractivity contribution >= 4 is 32.6 Å². The molecular formula is C20H13F2N3OS. The van der Waals surface area contributed by atoms with Crippen LogP contribution < -0.4 is 4.90 Å². The number of amides is 1. The van der Waals surface area contributed by atoms with E-state index in [4.69, 9.17) is 0 Å². The number of pyridine rings is 1. The number of carbonyl (C=O) groups is 1. The lowest BCUT2D eigenvalue weighted by atomic mass is 10.2. The van der Waals surface area contributed by atoms with Gasteiger partial charge in [-0.25, -0.2) is 13.8 Å². The Kier molecular flexibility index (Phi) is 4.60. The number of rotatable bonds is 4. The first-order valence-corrected chi connectivity index (χ1v) is 8.96. The summed E-state index contributed by atoms with van der Waals surface area (Å²) in [7, 11) is 0. The first-order chi connectivity index (χ1) is 13.1. The summed E-state index contributed by atoms with van der Waals surface area (Å²) in [5.41, 5.74) is 1.03. The predicted molar refractivity (Wildman–Crippen MR) is 101 cm³/mol. The topological polar surface area (TPSA) is 46.1 Å². The SMILES string of the molecule is O=C(c1cccc(F)c1)N(Cc1ccccn1)c1nc2c(F)cccc2s1. The van der Waals surface area contributed by atoms with Gasteiger partial charge in [-0.15, -0.1) is 0 Å². The maximum atomic E-state index is 14.0. The van der Waals surface area contributed by atoms with E-state index in [2.05, 4.69) is 9.97 Å². The van der Waals surface area contributed by atoms with Gasteiger partial charge in [-0.05, 0) is 42.5 Å². The van der Waals surface area contributed by atoms with Crippen LogP contribution in [0, 0.1) is 11.6 Å². The molecule has 2 aromatic heterocycles. The fraction of sp³-hybridized carbons (Fsp3) is 0.0500. The summed E-state index contributed by atoms with van der Waals surface area (Å²) in [6.07, 6.45) is 1.62. The van der Waals surface area contributed by atoms with Crippen LogP contribution in [0.1, 0.15) is 16.1 Å². The number of hydrogen-bond donors (Lipinski definition) is 0. The minimum atomic E-state index is -0.506. The molecule has 4 rings (SSSR count). The average Bonchev–Trinajstić information content (AvgIpc) is 3.12. The molecule has 4 aromatic rings. The Labute approximate surface area is 157 Å². The molecular weight excluding hydrogens is 368 g/mol. The summed E-state index contributed by atoms with van der Waals surface area (Å²) >= 11 is 1.20. The van der Waals surface area contributed by atoms with Crippen molar-refractivity contribution in [3.8, 4) is 0 Å². The van der Waals surface area contributed by atoms with Gasteiger partial charge in [0.1, 0.15) is 17.2 Å². The van der Waals surface area contributed by atoms with Crippen molar-refractivity contribution in [1.29, 1.82) is 0 Å². The highest BCUT2D eigenvalue weighted by atomic mass is 32.1. The quantitative estimate of drug-likeness (QED) is 0.509. The number of nitrogens with zero attached hydrogens (tertiary/aromatic N) is 3. The fourth-order valence-corrected chi connectivity index (χ4v) is 3.65. The molecule has 0 saturated heterocycles. The minimum Gasteiger partial charge on any atom is -0.278 e. The van der Waals surface area contributed by atoms with E-state index in [0.717, 1.165) is 0 Å². The Morgan fingerprint density at radius 3 is 2.63 bits per heavy atom. The maximum absolute atomic E-state index is 14.0. The third kappa shape index (κ3) is 3.54. The summed E-state index contributed by atoms with van der Waals surface area (Å²) in [5, 5.41) is 0.329. The molecule has 4 nitrogen and oxygen atoms in total. The van der Waals surface area contributed by atoms with Gasteiger partial charge in [-0.3, -0.25) is 14.7 Å². The highest BCUT2D eigenvalue weighted by Crippen LogP contribution is 2.32. The zero-order valence-corrected chi connectivity index (χ0v) is 14.8. The van der Waals surface area contributed by atoms with E-state index in [0.29, 0.717) is 15.5 Å². The molecule has 0 atom stereocenters. The first-order valence-electron chi connectivity index (χ1n) is 8.14. The van der Waals surface area contributed by atoms with Gasteiger partial charge in [0.05, 0.1) is 16.9 Å². The van der Waals surface area contributed by atoms with E-state index in [9.17, 15) is 13.6 Å². The molecule has 0 bridgehead atoms. The Morgan fingerprint density at radius 2 is 1.89 bits per heavy atom. The van der Waals surface area contributed by atoms with Crippen molar-refractivity contribution in [2.75, 3.05) is 4.90 Å². The average molecular weight is 381 g/mol. The summed E-state index contributed by atoms with van der Waals surface area (Å²) in [6.45, 7) is 0.137. The van der Waals surface area contributed by atoms with Gasteiger partial charge in [0.2, 0.25) is 0 Å². The second-order valence-corrected chi connectivity index (χ2v) is 6.81. The zero-order chi connectivity index (χ0) is 18.8. The molecule has 0 saturated carbocycles. The van der Waals surface area contributed by atoms with Crippen LogP contribution in [-0.2, 0) is 6.54 Å². The number of carbonyl (C=O) groups excluding carboxylic acids is 1. The Hall–Kier alpha value is -3.19. The van der Waals surface area contributed by atoms with Crippen LogP contribution in [0.4, 0.5) is 13.9 Å². The standard InChI is InChI=1S/C20H13F2N3OS/c21-14-6-3-5-13(11-14)19(26)25(12-15-7-1-2-10-23-15)20-24-18-16(22)8-4-9-17(18)27-20/h1-11H,12H2. The van der Waals surface area contributed by atoms with Crippen molar-refractivity contribution in [3.63, 3.8) is 0 Å². The Balaban J connectivity index is 1.79. The number of thiazole rings is 1. The fourth-order valence-electron chi connectivity index (χ4n) is 2.68. The Bertz CT molecular complexity index is 1110. The monoisotopic (exact) mass is 381 g/mol. The van der Waals surface area contributed by atoms with Crippen LogP contribution in [0.3, 0.4) is 0 Å². The first kappa shape index (κ1) is 17.2. The van der Waals surface area contributed by atoms with Crippen molar-refractivity contribution in [1.82, 2.24) is 9.97 Å². The number of fused-ring (bicyclic) bond motifs is 1. The zero-order valence-electron chi connectivity index (χ0n) is 14.0. The molecule has 0 aliphatic rings. The third-order valence-electron chi connectivity index (χ3n) is 3.95. The van der Waals surface area contributed by atoms with E-state index in [1.54, 1.807) is 30.5 Å². The lowest BCUT2D eigenvalue weighted by Gasteiger charge is -2.19. The van der Waals surface area contributed by atoms with Crippen LogP contribution in [0.2, 0.25) is 0 Å². The third-order valence-corrected chi connectivity index (χ3v) is 5.00. The van der Waals surface area contributed by atoms with Crippen LogP contribution in [0.15, 0.2) is 66.9 Å². The van der Waals surface area contributed by atoms with Gasteiger partial charge in [0.25, 0.3) is 5.91 Å². The highest BCUT2D eigenvalue weighted by molar-refractivity contribution is 7.22. The molecule has 0 aliphatic carbocycles. The lowest BCUT2D eigenvalue weighted by molar-refractivity contribution is 0.0984. The summed E-state index contributed by atoms with van der Waals surface area (Å²) < 4.78 is 28.3. The Morgan fingerprint density at radius 1 is 1.04 bits per heavy atom. The highest BCUT2D eigenvalue weighted by Gasteiger charge is 2.23. The molecule has 134 valence electrons. The van der Waals surface area contributed by atoms with Crippen molar-refractivity contribution in [2.24, 2.45) is 0 Å². The molecule has 0 fully saturated rings. The lowest BCUT2D eigenvalue weighted by Crippen LogP contribution is -2.30.